The summed E-state index contributed by atoms with van der Waals surface area (Å²) in [5.41, 5.74) is 2.55. The summed E-state index contributed by atoms with van der Waals surface area (Å²) >= 11 is 0. The van der Waals surface area contributed by atoms with Gasteiger partial charge in [-0.25, -0.2) is 4.79 Å². The van der Waals surface area contributed by atoms with E-state index in [9.17, 15) is 4.79 Å². The van der Waals surface area contributed by atoms with E-state index in [2.05, 4.69) is 31.0 Å². The summed E-state index contributed by atoms with van der Waals surface area (Å²) in [6.07, 6.45) is 22.4. The van der Waals surface area contributed by atoms with E-state index < -0.39 is 0 Å². The third kappa shape index (κ3) is 15.9. The van der Waals surface area contributed by atoms with Gasteiger partial charge < -0.3 is 10.1 Å². The number of carbonyl (C=O) groups excluding carboxylic acids is 1. The number of rotatable bonds is 21. The van der Waals surface area contributed by atoms with Crippen molar-refractivity contribution < 1.29 is 9.53 Å². The molecule has 1 aromatic rings. The fourth-order valence-corrected chi connectivity index (χ4v) is 3.90. The Labute approximate surface area is 198 Å². The zero-order chi connectivity index (χ0) is 23.3. The van der Waals surface area contributed by atoms with Crippen LogP contribution in [0.25, 0.3) is 0 Å². The Bertz CT molecular complexity index is 594. The number of benzene rings is 1. The molecule has 1 N–H and O–H groups in total. The lowest BCUT2D eigenvalue weighted by Gasteiger charge is -2.08. The van der Waals surface area contributed by atoms with Crippen molar-refractivity contribution in [1.29, 1.82) is 0 Å². The molecule has 1 aromatic carbocycles. The van der Waals surface area contributed by atoms with E-state index in [1.807, 2.05) is 12.1 Å². The molecule has 3 nitrogen and oxygen atoms in total. The molecule has 0 atom stereocenters. The zero-order valence-corrected chi connectivity index (χ0v) is 21.1. The van der Waals surface area contributed by atoms with Crippen molar-refractivity contribution in [1.82, 2.24) is 0 Å². The van der Waals surface area contributed by atoms with Crippen molar-refractivity contribution in [2.45, 2.75) is 123 Å². The summed E-state index contributed by atoms with van der Waals surface area (Å²) in [6, 6.07) is 8.11. The minimum absolute atomic E-state index is 0.297. The van der Waals surface area contributed by atoms with E-state index in [0.29, 0.717) is 12.2 Å². The Balaban J connectivity index is 1.87. The minimum Gasteiger partial charge on any atom is -0.457 e. The number of esters is 1. The van der Waals surface area contributed by atoms with Crippen LogP contribution in [0.5, 0.6) is 0 Å². The lowest BCUT2D eigenvalue weighted by atomic mass is 10.0. The lowest BCUT2D eigenvalue weighted by molar-refractivity contribution is -0.140. The summed E-state index contributed by atoms with van der Waals surface area (Å²) in [5.74, 6) is -0.337. The third-order valence-corrected chi connectivity index (χ3v) is 6.03. The van der Waals surface area contributed by atoms with Gasteiger partial charge >= 0.3 is 5.97 Å². The standard InChI is InChI=1S/C29H49NO2/c1-4-5-6-7-8-9-10-11-12-13-14-15-16-17-18-19-24-30-28-22-20-27(21-23-28)25-32-29(31)26(2)3/h20-23,30H,2,4-19,24-25H2,1,3H3. The van der Waals surface area contributed by atoms with E-state index in [-0.39, 0.29) is 5.97 Å². The van der Waals surface area contributed by atoms with Gasteiger partial charge in [-0.1, -0.05) is 122 Å². The highest BCUT2D eigenvalue weighted by atomic mass is 16.5. The highest BCUT2D eigenvalue weighted by Crippen LogP contribution is 2.14. The zero-order valence-electron chi connectivity index (χ0n) is 21.1. The normalized spacial score (nSPS) is 10.8. The van der Waals surface area contributed by atoms with Crippen molar-refractivity contribution >= 4 is 11.7 Å². The number of anilines is 1. The average molecular weight is 444 g/mol. The van der Waals surface area contributed by atoms with Crippen LogP contribution < -0.4 is 5.32 Å². The topological polar surface area (TPSA) is 38.3 Å². The van der Waals surface area contributed by atoms with Gasteiger partial charge in [-0.2, -0.15) is 0 Å². The molecule has 0 fully saturated rings. The molecular weight excluding hydrogens is 394 g/mol. The first-order chi connectivity index (χ1) is 15.6. The number of ether oxygens (including phenoxy) is 1. The molecule has 0 saturated carbocycles. The Hall–Kier alpha value is -1.77. The Morgan fingerprint density at radius 3 is 1.62 bits per heavy atom. The highest BCUT2D eigenvalue weighted by Gasteiger charge is 2.03. The molecule has 0 radical (unpaired) electrons. The molecule has 0 bridgehead atoms. The Morgan fingerprint density at radius 2 is 1.19 bits per heavy atom. The predicted octanol–water partition coefficient (Wildman–Crippen LogP) is 8.98. The Morgan fingerprint density at radius 1 is 0.750 bits per heavy atom. The first-order valence-corrected chi connectivity index (χ1v) is 13.3. The van der Waals surface area contributed by atoms with Gasteiger partial charge in [0, 0.05) is 17.8 Å². The molecule has 0 saturated heterocycles. The SMILES string of the molecule is C=C(C)C(=O)OCc1ccc(NCCCCCCCCCCCCCCCCCC)cc1. The molecular formula is C29H49NO2. The maximum absolute atomic E-state index is 11.4. The van der Waals surface area contributed by atoms with Crippen LogP contribution >= 0.6 is 0 Å². The number of hydrogen-bond donors (Lipinski definition) is 1. The summed E-state index contributed by atoms with van der Waals surface area (Å²) < 4.78 is 5.17. The van der Waals surface area contributed by atoms with Gasteiger partial charge in [-0.3, -0.25) is 0 Å². The summed E-state index contributed by atoms with van der Waals surface area (Å²) in [5, 5.41) is 3.48. The molecule has 0 unspecified atom stereocenters. The quantitative estimate of drug-likeness (QED) is 0.117. The molecule has 0 aliphatic heterocycles. The number of unbranched alkanes of at least 4 members (excludes halogenated alkanes) is 15. The van der Waals surface area contributed by atoms with Crippen LogP contribution in [0.3, 0.4) is 0 Å². The minimum atomic E-state index is -0.337. The second-order valence-corrected chi connectivity index (χ2v) is 9.28. The van der Waals surface area contributed by atoms with Crippen LogP contribution in [-0.2, 0) is 16.1 Å². The predicted molar refractivity (Wildman–Crippen MR) is 139 cm³/mol. The van der Waals surface area contributed by atoms with Gasteiger partial charge in [0.2, 0.25) is 0 Å². The van der Waals surface area contributed by atoms with Gasteiger partial charge in [0.05, 0.1) is 0 Å². The fraction of sp³-hybridized carbons (Fsp3) is 0.690. The van der Waals surface area contributed by atoms with Crippen molar-refractivity contribution in [3.63, 3.8) is 0 Å². The van der Waals surface area contributed by atoms with Gasteiger partial charge in [0.1, 0.15) is 6.61 Å². The average Bonchev–Trinajstić information content (AvgIpc) is 2.80. The number of nitrogens with one attached hydrogen (secondary N) is 1. The van der Waals surface area contributed by atoms with Crippen molar-refractivity contribution in [3.8, 4) is 0 Å². The largest absolute Gasteiger partial charge is 0.457 e. The second-order valence-electron chi connectivity index (χ2n) is 9.28. The second kappa shape index (κ2) is 19.9. The summed E-state index contributed by atoms with van der Waals surface area (Å²) in [7, 11) is 0. The van der Waals surface area contributed by atoms with E-state index >= 15 is 0 Å². The number of hydrogen-bond acceptors (Lipinski definition) is 3. The maximum atomic E-state index is 11.4. The third-order valence-electron chi connectivity index (χ3n) is 6.03. The monoisotopic (exact) mass is 443 g/mol. The van der Waals surface area contributed by atoms with Crippen molar-refractivity contribution in [3.05, 3.63) is 42.0 Å². The highest BCUT2D eigenvalue weighted by molar-refractivity contribution is 5.86. The molecule has 32 heavy (non-hydrogen) atoms. The molecule has 3 heteroatoms. The summed E-state index contributed by atoms with van der Waals surface area (Å²) in [6.45, 7) is 8.85. The molecule has 182 valence electrons. The molecule has 0 amide bonds. The van der Waals surface area contributed by atoms with Gasteiger partial charge in [0.15, 0.2) is 0 Å². The maximum Gasteiger partial charge on any atom is 0.333 e. The van der Waals surface area contributed by atoms with Crippen LogP contribution in [0.15, 0.2) is 36.4 Å². The molecule has 0 aromatic heterocycles. The van der Waals surface area contributed by atoms with Crippen LogP contribution in [0.2, 0.25) is 0 Å². The van der Waals surface area contributed by atoms with E-state index in [0.717, 1.165) is 17.8 Å². The van der Waals surface area contributed by atoms with Crippen LogP contribution in [0.4, 0.5) is 5.69 Å². The molecule has 0 spiro atoms. The molecule has 0 aliphatic carbocycles. The summed E-state index contributed by atoms with van der Waals surface area (Å²) in [4.78, 5) is 11.4. The van der Waals surface area contributed by atoms with Gasteiger partial charge in [-0.15, -0.1) is 0 Å². The first-order valence-electron chi connectivity index (χ1n) is 13.3. The van der Waals surface area contributed by atoms with Crippen LogP contribution in [-0.4, -0.2) is 12.5 Å². The Kier molecular flexibility index (Phi) is 17.6. The van der Waals surface area contributed by atoms with Gasteiger partial charge in [0.25, 0.3) is 0 Å². The lowest BCUT2D eigenvalue weighted by Crippen LogP contribution is -2.05. The van der Waals surface area contributed by atoms with E-state index in [1.165, 1.54) is 103 Å². The smallest absolute Gasteiger partial charge is 0.333 e. The number of carbonyl (C=O) groups is 1. The van der Waals surface area contributed by atoms with Gasteiger partial charge in [-0.05, 0) is 31.0 Å². The fourth-order valence-electron chi connectivity index (χ4n) is 3.90. The van der Waals surface area contributed by atoms with Crippen LogP contribution in [0, 0.1) is 0 Å². The van der Waals surface area contributed by atoms with Crippen molar-refractivity contribution in [2.24, 2.45) is 0 Å². The van der Waals surface area contributed by atoms with E-state index in [1.54, 1.807) is 6.92 Å². The molecule has 0 heterocycles. The molecule has 0 aliphatic rings. The van der Waals surface area contributed by atoms with Crippen LogP contribution in [0.1, 0.15) is 122 Å². The van der Waals surface area contributed by atoms with E-state index in [4.69, 9.17) is 4.74 Å². The van der Waals surface area contributed by atoms with Crippen molar-refractivity contribution in [2.75, 3.05) is 11.9 Å². The first kappa shape index (κ1) is 28.3. The molecule has 1 rings (SSSR count).